The second-order valence-electron chi connectivity index (χ2n) is 5.98. The number of nitrogens with one attached hydrogen (secondary N) is 1. The average molecular weight is 443 g/mol. The van der Waals surface area contributed by atoms with E-state index in [1.807, 2.05) is 24.3 Å². The van der Waals surface area contributed by atoms with Gasteiger partial charge in [-0.1, -0.05) is 23.7 Å². The maximum Gasteiger partial charge on any atom is 0.416 e. The van der Waals surface area contributed by atoms with Crippen LogP contribution in [0.4, 0.5) is 18.9 Å². The molecule has 5 nitrogen and oxygen atoms in total. The lowest BCUT2D eigenvalue weighted by Crippen LogP contribution is -2.21. The average Bonchev–Trinajstić information content (AvgIpc) is 3.08. The number of nitrogens with zero attached hydrogens (tertiary/aromatic N) is 1. The Bertz CT molecular complexity index is 1020. The molecule has 0 atom stereocenters. The maximum atomic E-state index is 12.8. The number of carbonyl (C=O) groups is 2. The molecule has 0 saturated carbocycles. The molecule has 1 amide bonds. The van der Waals surface area contributed by atoms with E-state index in [9.17, 15) is 22.8 Å². The van der Waals surface area contributed by atoms with Crippen molar-refractivity contribution in [1.82, 2.24) is 4.98 Å². The molecule has 29 heavy (non-hydrogen) atoms. The molecule has 0 fully saturated rings. The van der Waals surface area contributed by atoms with E-state index in [2.05, 4.69) is 10.3 Å². The number of aryl methyl sites for hydroxylation is 1. The summed E-state index contributed by atoms with van der Waals surface area (Å²) in [5.41, 5.74) is -0.319. The van der Waals surface area contributed by atoms with E-state index in [-0.39, 0.29) is 17.1 Å². The Morgan fingerprint density at radius 2 is 1.93 bits per heavy atom. The van der Waals surface area contributed by atoms with Gasteiger partial charge in [-0.15, -0.1) is 11.3 Å². The SMILES string of the molecule is O=C(COC(=O)CCc1nc2ccccc2s1)Nc1cc(C(F)(F)F)ccc1Cl. The van der Waals surface area contributed by atoms with Crippen LogP contribution in [0.15, 0.2) is 42.5 Å². The lowest BCUT2D eigenvalue weighted by molar-refractivity contribution is -0.147. The van der Waals surface area contributed by atoms with Crippen LogP contribution in [-0.4, -0.2) is 23.5 Å². The van der Waals surface area contributed by atoms with E-state index in [0.717, 1.165) is 33.4 Å². The number of esters is 1. The number of rotatable bonds is 6. The van der Waals surface area contributed by atoms with Gasteiger partial charge in [-0.25, -0.2) is 4.98 Å². The molecule has 1 aromatic heterocycles. The highest BCUT2D eigenvalue weighted by molar-refractivity contribution is 7.18. The van der Waals surface area contributed by atoms with E-state index in [1.165, 1.54) is 11.3 Å². The van der Waals surface area contributed by atoms with Crippen LogP contribution in [0.1, 0.15) is 17.0 Å². The molecule has 0 aliphatic heterocycles. The summed E-state index contributed by atoms with van der Waals surface area (Å²) in [4.78, 5) is 28.1. The van der Waals surface area contributed by atoms with Gasteiger partial charge < -0.3 is 10.1 Å². The molecule has 0 saturated heterocycles. The van der Waals surface area contributed by atoms with Crippen molar-refractivity contribution in [3.8, 4) is 0 Å². The zero-order chi connectivity index (χ0) is 21.0. The smallest absolute Gasteiger partial charge is 0.416 e. The largest absolute Gasteiger partial charge is 0.456 e. The Labute approximate surface area is 172 Å². The predicted molar refractivity (Wildman–Crippen MR) is 104 cm³/mol. The normalized spacial score (nSPS) is 11.4. The minimum atomic E-state index is -4.57. The van der Waals surface area contributed by atoms with Gasteiger partial charge in [0.2, 0.25) is 0 Å². The summed E-state index contributed by atoms with van der Waals surface area (Å²) in [6.45, 7) is -0.634. The Morgan fingerprint density at radius 1 is 1.17 bits per heavy atom. The van der Waals surface area contributed by atoms with Crippen molar-refractivity contribution in [2.24, 2.45) is 0 Å². The van der Waals surface area contributed by atoms with Gasteiger partial charge in [0.15, 0.2) is 6.61 Å². The van der Waals surface area contributed by atoms with E-state index in [4.69, 9.17) is 16.3 Å². The summed E-state index contributed by atoms with van der Waals surface area (Å²) in [6.07, 6.45) is -4.19. The number of halogens is 4. The second kappa shape index (κ2) is 8.79. The number of hydrogen-bond donors (Lipinski definition) is 1. The molecular weight excluding hydrogens is 429 g/mol. The van der Waals surface area contributed by atoms with Crippen molar-refractivity contribution < 1.29 is 27.5 Å². The Kier molecular flexibility index (Phi) is 6.39. The standard InChI is InChI=1S/C19H14ClF3N2O3S/c20-12-6-5-11(19(21,22)23)9-14(12)24-16(26)10-28-18(27)8-7-17-25-13-3-1-2-4-15(13)29-17/h1-6,9H,7-8,10H2,(H,24,26). The van der Waals surface area contributed by atoms with Gasteiger partial charge in [0.05, 0.1) is 37.9 Å². The minimum absolute atomic E-state index is 0.0252. The van der Waals surface area contributed by atoms with E-state index in [1.54, 1.807) is 0 Å². The van der Waals surface area contributed by atoms with Crippen LogP contribution in [-0.2, 0) is 26.9 Å². The number of carbonyl (C=O) groups excluding carboxylic acids is 2. The van der Waals surface area contributed by atoms with Gasteiger partial charge in [0.1, 0.15) is 0 Å². The quantitative estimate of drug-likeness (QED) is 0.540. The highest BCUT2D eigenvalue weighted by Gasteiger charge is 2.31. The van der Waals surface area contributed by atoms with Gasteiger partial charge in [-0.2, -0.15) is 13.2 Å². The number of hydrogen-bond acceptors (Lipinski definition) is 5. The third kappa shape index (κ3) is 5.68. The highest BCUT2D eigenvalue weighted by atomic mass is 35.5. The van der Waals surface area contributed by atoms with Crippen LogP contribution in [0.2, 0.25) is 5.02 Å². The molecule has 0 spiro atoms. The summed E-state index contributed by atoms with van der Waals surface area (Å²) in [5.74, 6) is -1.41. The van der Waals surface area contributed by atoms with E-state index in [0.29, 0.717) is 6.42 Å². The first-order valence-corrected chi connectivity index (χ1v) is 9.58. The van der Waals surface area contributed by atoms with Gasteiger partial charge >= 0.3 is 12.1 Å². The predicted octanol–water partition coefficient (Wildman–Crippen LogP) is 5.08. The Hall–Kier alpha value is -2.65. The Balaban J connectivity index is 1.49. The lowest BCUT2D eigenvalue weighted by Gasteiger charge is -2.11. The molecular formula is C19H14ClF3N2O3S. The topological polar surface area (TPSA) is 68.3 Å². The third-order valence-electron chi connectivity index (χ3n) is 3.81. The van der Waals surface area contributed by atoms with Crippen molar-refractivity contribution in [2.45, 2.75) is 19.0 Å². The number of alkyl halides is 3. The van der Waals surface area contributed by atoms with Crippen LogP contribution in [0.25, 0.3) is 10.2 Å². The molecule has 0 radical (unpaired) electrons. The second-order valence-corrected chi connectivity index (χ2v) is 7.50. The maximum absolute atomic E-state index is 12.8. The van der Waals surface area contributed by atoms with Crippen LogP contribution >= 0.6 is 22.9 Å². The van der Waals surface area contributed by atoms with Gasteiger partial charge in [-0.3, -0.25) is 9.59 Å². The zero-order valence-electron chi connectivity index (χ0n) is 14.8. The van der Waals surface area contributed by atoms with Gasteiger partial charge in [0.25, 0.3) is 5.91 Å². The molecule has 0 aliphatic rings. The van der Waals surface area contributed by atoms with Gasteiger partial charge in [-0.05, 0) is 30.3 Å². The number of amides is 1. The fraction of sp³-hybridized carbons (Fsp3) is 0.211. The van der Waals surface area contributed by atoms with Crippen LogP contribution in [0, 0.1) is 0 Å². The molecule has 10 heteroatoms. The zero-order valence-corrected chi connectivity index (χ0v) is 16.3. The molecule has 3 rings (SSSR count). The van der Waals surface area contributed by atoms with E-state index >= 15 is 0 Å². The van der Waals surface area contributed by atoms with Crippen molar-refractivity contribution in [1.29, 1.82) is 0 Å². The summed E-state index contributed by atoms with van der Waals surface area (Å²) < 4.78 is 44.1. The number of fused-ring (bicyclic) bond motifs is 1. The van der Waals surface area contributed by atoms with Crippen molar-refractivity contribution in [2.75, 3.05) is 11.9 Å². The molecule has 152 valence electrons. The minimum Gasteiger partial charge on any atom is -0.456 e. The fourth-order valence-electron chi connectivity index (χ4n) is 2.44. The first-order chi connectivity index (χ1) is 13.7. The lowest BCUT2D eigenvalue weighted by atomic mass is 10.2. The molecule has 0 unspecified atom stereocenters. The summed E-state index contributed by atoms with van der Waals surface area (Å²) >= 11 is 7.27. The van der Waals surface area contributed by atoms with Crippen molar-refractivity contribution in [3.63, 3.8) is 0 Å². The first-order valence-electron chi connectivity index (χ1n) is 8.39. The summed E-state index contributed by atoms with van der Waals surface area (Å²) in [6, 6.07) is 10.1. The monoisotopic (exact) mass is 442 g/mol. The fourth-order valence-corrected chi connectivity index (χ4v) is 3.57. The van der Waals surface area contributed by atoms with E-state index < -0.39 is 30.2 Å². The van der Waals surface area contributed by atoms with Gasteiger partial charge in [0, 0.05) is 6.42 Å². The number of para-hydroxylation sites is 1. The summed E-state index contributed by atoms with van der Waals surface area (Å²) in [7, 11) is 0. The van der Waals surface area contributed by atoms with Crippen molar-refractivity contribution in [3.05, 3.63) is 58.1 Å². The van der Waals surface area contributed by atoms with Crippen LogP contribution < -0.4 is 5.32 Å². The molecule has 2 aromatic carbocycles. The molecule has 1 heterocycles. The molecule has 0 aliphatic carbocycles. The highest BCUT2D eigenvalue weighted by Crippen LogP contribution is 2.33. The third-order valence-corrected chi connectivity index (χ3v) is 5.24. The molecule has 1 N–H and O–H groups in total. The number of anilines is 1. The summed E-state index contributed by atoms with van der Waals surface area (Å²) in [5, 5.41) is 2.92. The molecule has 0 bridgehead atoms. The molecule has 3 aromatic rings. The first kappa shape index (κ1) is 21.1. The number of aromatic nitrogens is 1. The van der Waals surface area contributed by atoms with Crippen LogP contribution in [0.3, 0.4) is 0 Å². The number of ether oxygens (including phenoxy) is 1. The van der Waals surface area contributed by atoms with Crippen LogP contribution in [0.5, 0.6) is 0 Å². The number of benzene rings is 2. The number of thiazole rings is 1. The van der Waals surface area contributed by atoms with Crippen molar-refractivity contribution >= 4 is 50.7 Å². The Morgan fingerprint density at radius 3 is 2.66 bits per heavy atom.